The highest BCUT2D eigenvalue weighted by Gasteiger charge is 2.40. The van der Waals surface area contributed by atoms with Crippen LogP contribution in [0.1, 0.15) is 78.1 Å². The van der Waals surface area contributed by atoms with Crippen molar-refractivity contribution >= 4 is 0 Å². The predicted octanol–water partition coefficient (Wildman–Crippen LogP) is 4.52. The van der Waals surface area contributed by atoms with E-state index in [0.29, 0.717) is 5.41 Å². The molecule has 2 saturated carbocycles. The van der Waals surface area contributed by atoms with E-state index in [-0.39, 0.29) is 0 Å². The first kappa shape index (κ1) is 13.4. The summed E-state index contributed by atoms with van der Waals surface area (Å²) in [6, 6.07) is 0.822. The highest BCUT2D eigenvalue weighted by atomic mass is 14.9. The summed E-state index contributed by atoms with van der Waals surface area (Å²) in [5, 5.41) is 3.74. The van der Waals surface area contributed by atoms with E-state index in [9.17, 15) is 0 Å². The van der Waals surface area contributed by atoms with Crippen LogP contribution in [-0.4, -0.2) is 12.6 Å². The Hall–Kier alpha value is -0.0400. The maximum Gasteiger partial charge on any atom is 0.00725 e. The SMILES string of the molecule is CCCNC1CCC(C)(C2CCCCCC2)C1. The molecular formula is C16H31N. The second-order valence-electron chi connectivity index (χ2n) is 6.74. The van der Waals surface area contributed by atoms with Gasteiger partial charge in [0.05, 0.1) is 0 Å². The van der Waals surface area contributed by atoms with Crippen LogP contribution >= 0.6 is 0 Å². The van der Waals surface area contributed by atoms with Gasteiger partial charge < -0.3 is 5.32 Å². The van der Waals surface area contributed by atoms with Crippen LogP contribution in [0.5, 0.6) is 0 Å². The summed E-state index contributed by atoms with van der Waals surface area (Å²) < 4.78 is 0. The van der Waals surface area contributed by atoms with Gasteiger partial charge in [-0.1, -0.05) is 39.5 Å². The van der Waals surface area contributed by atoms with Gasteiger partial charge in [-0.15, -0.1) is 0 Å². The third-order valence-corrected chi connectivity index (χ3v) is 5.30. The van der Waals surface area contributed by atoms with Crippen molar-refractivity contribution in [2.75, 3.05) is 6.54 Å². The van der Waals surface area contributed by atoms with E-state index in [1.165, 1.54) is 70.8 Å². The minimum atomic E-state index is 0.662. The molecule has 2 unspecified atom stereocenters. The molecule has 0 aromatic carbocycles. The molecule has 100 valence electrons. The van der Waals surface area contributed by atoms with Crippen molar-refractivity contribution in [3.05, 3.63) is 0 Å². The number of nitrogens with one attached hydrogen (secondary N) is 1. The van der Waals surface area contributed by atoms with Gasteiger partial charge in [-0.25, -0.2) is 0 Å². The van der Waals surface area contributed by atoms with Gasteiger partial charge in [-0.3, -0.25) is 0 Å². The van der Waals surface area contributed by atoms with Crippen LogP contribution in [0, 0.1) is 11.3 Å². The average Bonchev–Trinajstić information content (AvgIpc) is 2.57. The van der Waals surface area contributed by atoms with Gasteiger partial charge in [0, 0.05) is 6.04 Å². The Morgan fingerprint density at radius 1 is 1.06 bits per heavy atom. The van der Waals surface area contributed by atoms with Crippen LogP contribution in [-0.2, 0) is 0 Å². The van der Waals surface area contributed by atoms with Crippen molar-refractivity contribution in [3.8, 4) is 0 Å². The smallest absolute Gasteiger partial charge is 0.00725 e. The van der Waals surface area contributed by atoms with Gasteiger partial charge in [0.1, 0.15) is 0 Å². The largest absolute Gasteiger partial charge is 0.314 e. The molecule has 0 amide bonds. The Bertz CT molecular complexity index is 218. The second-order valence-corrected chi connectivity index (χ2v) is 6.74. The molecule has 2 atom stereocenters. The number of hydrogen-bond acceptors (Lipinski definition) is 1. The van der Waals surface area contributed by atoms with E-state index in [2.05, 4.69) is 19.2 Å². The van der Waals surface area contributed by atoms with Crippen molar-refractivity contribution in [1.29, 1.82) is 0 Å². The van der Waals surface area contributed by atoms with Gasteiger partial charge in [-0.05, 0) is 56.4 Å². The molecule has 0 spiro atoms. The standard InChI is InChI=1S/C16H31N/c1-3-12-17-15-10-11-16(2,13-15)14-8-6-4-5-7-9-14/h14-15,17H,3-13H2,1-2H3. The zero-order valence-electron chi connectivity index (χ0n) is 11.9. The summed E-state index contributed by atoms with van der Waals surface area (Å²) in [7, 11) is 0. The molecule has 0 aromatic rings. The van der Waals surface area contributed by atoms with Crippen molar-refractivity contribution in [1.82, 2.24) is 5.32 Å². The van der Waals surface area contributed by atoms with Crippen LogP contribution in [0.2, 0.25) is 0 Å². The van der Waals surface area contributed by atoms with Crippen LogP contribution in [0.4, 0.5) is 0 Å². The fourth-order valence-corrected chi connectivity index (χ4v) is 4.14. The molecule has 2 fully saturated rings. The summed E-state index contributed by atoms with van der Waals surface area (Å²) in [4.78, 5) is 0. The number of hydrogen-bond donors (Lipinski definition) is 1. The van der Waals surface area contributed by atoms with Crippen molar-refractivity contribution in [2.45, 2.75) is 84.1 Å². The van der Waals surface area contributed by atoms with Gasteiger partial charge >= 0.3 is 0 Å². The molecule has 2 aliphatic carbocycles. The van der Waals surface area contributed by atoms with E-state index in [0.717, 1.165) is 12.0 Å². The Balaban J connectivity index is 1.86. The predicted molar refractivity (Wildman–Crippen MR) is 75.2 cm³/mol. The highest BCUT2D eigenvalue weighted by Crippen LogP contribution is 2.48. The minimum absolute atomic E-state index is 0.662. The molecule has 0 heterocycles. The lowest BCUT2D eigenvalue weighted by molar-refractivity contribution is 0.167. The maximum atomic E-state index is 3.74. The minimum Gasteiger partial charge on any atom is -0.314 e. The molecular weight excluding hydrogens is 206 g/mol. The molecule has 0 aromatic heterocycles. The van der Waals surface area contributed by atoms with Crippen molar-refractivity contribution in [2.24, 2.45) is 11.3 Å². The monoisotopic (exact) mass is 237 g/mol. The Morgan fingerprint density at radius 2 is 1.76 bits per heavy atom. The quantitative estimate of drug-likeness (QED) is 0.709. The molecule has 1 N–H and O–H groups in total. The summed E-state index contributed by atoms with van der Waals surface area (Å²) in [6.45, 7) is 6.06. The first-order valence-corrected chi connectivity index (χ1v) is 7.98. The van der Waals surface area contributed by atoms with Gasteiger partial charge in [0.2, 0.25) is 0 Å². The van der Waals surface area contributed by atoms with E-state index >= 15 is 0 Å². The molecule has 1 heteroatoms. The van der Waals surface area contributed by atoms with Crippen LogP contribution in [0.15, 0.2) is 0 Å². The Labute approximate surface area is 108 Å². The van der Waals surface area contributed by atoms with E-state index < -0.39 is 0 Å². The van der Waals surface area contributed by atoms with Crippen molar-refractivity contribution < 1.29 is 0 Å². The molecule has 17 heavy (non-hydrogen) atoms. The maximum absolute atomic E-state index is 3.74. The summed E-state index contributed by atoms with van der Waals surface area (Å²) in [6.07, 6.45) is 14.6. The zero-order valence-corrected chi connectivity index (χ0v) is 11.9. The summed E-state index contributed by atoms with van der Waals surface area (Å²) in [5.41, 5.74) is 0.662. The van der Waals surface area contributed by atoms with Gasteiger partial charge in [0.15, 0.2) is 0 Å². The molecule has 2 rings (SSSR count). The van der Waals surface area contributed by atoms with E-state index in [1.54, 1.807) is 0 Å². The molecule has 0 saturated heterocycles. The molecule has 2 aliphatic rings. The molecule has 1 nitrogen and oxygen atoms in total. The summed E-state index contributed by atoms with van der Waals surface area (Å²) in [5.74, 6) is 1.03. The lowest BCUT2D eigenvalue weighted by Gasteiger charge is -2.34. The normalized spacial score (nSPS) is 36.0. The fourth-order valence-electron chi connectivity index (χ4n) is 4.14. The summed E-state index contributed by atoms with van der Waals surface area (Å²) >= 11 is 0. The van der Waals surface area contributed by atoms with Gasteiger partial charge in [0.25, 0.3) is 0 Å². The van der Waals surface area contributed by atoms with Crippen LogP contribution < -0.4 is 5.32 Å². The van der Waals surface area contributed by atoms with Crippen molar-refractivity contribution in [3.63, 3.8) is 0 Å². The third kappa shape index (κ3) is 3.47. The lowest BCUT2D eigenvalue weighted by atomic mass is 9.72. The topological polar surface area (TPSA) is 12.0 Å². The van der Waals surface area contributed by atoms with E-state index in [1.807, 2.05) is 0 Å². The Kier molecular flexibility index (Phi) is 4.90. The lowest BCUT2D eigenvalue weighted by Crippen LogP contribution is -2.31. The van der Waals surface area contributed by atoms with E-state index in [4.69, 9.17) is 0 Å². The zero-order chi connectivity index (χ0) is 12.1. The third-order valence-electron chi connectivity index (χ3n) is 5.30. The molecule has 0 radical (unpaired) electrons. The highest BCUT2D eigenvalue weighted by molar-refractivity contribution is 4.94. The molecule has 0 aliphatic heterocycles. The number of rotatable bonds is 4. The van der Waals surface area contributed by atoms with Gasteiger partial charge in [-0.2, -0.15) is 0 Å². The second kappa shape index (κ2) is 6.22. The Morgan fingerprint density at radius 3 is 2.41 bits per heavy atom. The molecule has 0 bridgehead atoms. The first-order chi connectivity index (χ1) is 8.24. The van der Waals surface area contributed by atoms with Crippen LogP contribution in [0.3, 0.4) is 0 Å². The van der Waals surface area contributed by atoms with Crippen LogP contribution in [0.25, 0.3) is 0 Å². The average molecular weight is 237 g/mol. The fraction of sp³-hybridized carbons (Fsp3) is 1.00. The first-order valence-electron chi connectivity index (χ1n) is 7.98.